The van der Waals surface area contributed by atoms with Crippen LogP contribution in [0.15, 0.2) is 29.4 Å². The van der Waals surface area contributed by atoms with E-state index in [2.05, 4.69) is 4.98 Å². The van der Waals surface area contributed by atoms with Crippen LogP contribution < -0.4 is 4.74 Å². The van der Waals surface area contributed by atoms with Crippen LogP contribution in [0.2, 0.25) is 0 Å². The Morgan fingerprint density at radius 2 is 1.87 bits per heavy atom. The Labute approximate surface area is 172 Å². The van der Waals surface area contributed by atoms with Gasteiger partial charge >= 0.3 is 5.51 Å². The second-order valence-electron chi connectivity index (χ2n) is 6.00. The van der Waals surface area contributed by atoms with Gasteiger partial charge in [0.15, 0.2) is 5.03 Å². The highest BCUT2D eigenvalue weighted by atomic mass is 32.2. The standard InChI is InChI=1S/C16H8F6N2O4S.C2H6/c17-8-1-7(5-23)2-9(3-8)28-11-6-24-14(29(26,27)16(20,21)22)12-10(11)4-15(18,19)13(12)25;1-2/h1-3,6,13,25H,4H2;1-2H3. The van der Waals surface area contributed by atoms with Crippen molar-refractivity contribution >= 4 is 9.84 Å². The van der Waals surface area contributed by atoms with Crippen LogP contribution in [0.5, 0.6) is 11.5 Å². The van der Waals surface area contributed by atoms with Crippen molar-refractivity contribution in [2.24, 2.45) is 0 Å². The molecule has 2 aromatic rings. The van der Waals surface area contributed by atoms with Gasteiger partial charge in [0.25, 0.3) is 15.8 Å². The van der Waals surface area contributed by atoms with E-state index in [1.165, 1.54) is 0 Å². The number of aromatic nitrogens is 1. The summed E-state index contributed by atoms with van der Waals surface area (Å²) in [5.41, 5.74) is -8.03. The first-order valence-electron chi connectivity index (χ1n) is 8.55. The Morgan fingerprint density at radius 1 is 1.26 bits per heavy atom. The summed E-state index contributed by atoms with van der Waals surface area (Å²) < 4.78 is 109. The maximum absolute atomic E-state index is 14.0. The summed E-state index contributed by atoms with van der Waals surface area (Å²) in [6.07, 6.45) is -3.78. The molecule has 13 heteroatoms. The monoisotopic (exact) mass is 468 g/mol. The number of ether oxygens (including phenoxy) is 1. The van der Waals surface area contributed by atoms with E-state index in [-0.39, 0.29) is 11.3 Å². The number of hydrogen-bond acceptors (Lipinski definition) is 6. The average Bonchev–Trinajstić information content (AvgIpc) is 2.92. The highest BCUT2D eigenvalue weighted by Gasteiger charge is 2.56. The minimum atomic E-state index is -6.15. The molecule has 0 radical (unpaired) electrons. The quantitative estimate of drug-likeness (QED) is 0.669. The van der Waals surface area contributed by atoms with Crippen molar-refractivity contribution in [2.45, 2.75) is 42.8 Å². The zero-order chi connectivity index (χ0) is 23.8. The number of halogens is 6. The number of rotatable bonds is 3. The number of nitrogens with zero attached hydrogens (tertiary/aromatic N) is 2. The van der Waals surface area contributed by atoms with E-state index in [0.29, 0.717) is 6.20 Å². The molecule has 1 aliphatic rings. The predicted molar refractivity (Wildman–Crippen MR) is 93.6 cm³/mol. The molecule has 0 amide bonds. The smallest absolute Gasteiger partial charge is 0.455 e. The first-order chi connectivity index (χ1) is 14.3. The third-order valence-electron chi connectivity index (χ3n) is 4.03. The van der Waals surface area contributed by atoms with Crippen molar-refractivity contribution < 1.29 is 44.6 Å². The topological polar surface area (TPSA) is 100 Å². The zero-order valence-electron chi connectivity index (χ0n) is 15.8. The number of alkyl halides is 5. The van der Waals surface area contributed by atoms with Crippen LogP contribution in [0, 0.1) is 17.1 Å². The summed E-state index contributed by atoms with van der Waals surface area (Å²) in [6, 6.07) is 4.23. The highest BCUT2D eigenvalue weighted by Crippen LogP contribution is 2.50. The minimum absolute atomic E-state index is 0.203. The van der Waals surface area contributed by atoms with Crippen LogP contribution in [-0.2, 0) is 16.3 Å². The summed E-state index contributed by atoms with van der Waals surface area (Å²) in [5.74, 6) is -5.92. The van der Waals surface area contributed by atoms with Gasteiger partial charge in [0.2, 0.25) is 0 Å². The Hall–Kier alpha value is -2.85. The summed E-state index contributed by atoms with van der Waals surface area (Å²) in [6.45, 7) is 4.00. The molecule has 1 aromatic heterocycles. The van der Waals surface area contributed by atoms with Gasteiger partial charge < -0.3 is 9.84 Å². The Morgan fingerprint density at radius 3 is 2.42 bits per heavy atom. The molecule has 0 spiro atoms. The molecule has 1 aromatic carbocycles. The van der Waals surface area contributed by atoms with Gasteiger partial charge in [-0.3, -0.25) is 0 Å². The molecule has 1 unspecified atom stereocenters. The third kappa shape index (κ3) is 4.45. The molecule has 0 aliphatic heterocycles. The second-order valence-corrected chi connectivity index (χ2v) is 7.86. The maximum Gasteiger partial charge on any atom is 0.503 e. The van der Waals surface area contributed by atoms with Gasteiger partial charge in [0, 0.05) is 23.6 Å². The number of pyridine rings is 1. The number of benzene rings is 1. The summed E-state index contributed by atoms with van der Waals surface area (Å²) in [7, 11) is -6.15. The van der Waals surface area contributed by atoms with Crippen LogP contribution in [0.25, 0.3) is 0 Å². The Balaban J connectivity index is 0.00000166. The summed E-state index contributed by atoms with van der Waals surface area (Å²) in [5, 5.41) is 16.8. The predicted octanol–water partition coefficient (Wildman–Crippen LogP) is 4.43. The van der Waals surface area contributed by atoms with Crippen molar-refractivity contribution in [1.29, 1.82) is 5.26 Å². The number of nitriles is 1. The third-order valence-corrected chi connectivity index (χ3v) is 5.47. The lowest BCUT2D eigenvalue weighted by Crippen LogP contribution is -2.27. The van der Waals surface area contributed by atoms with Gasteiger partial charge in [-0.05, 0) is 12.1 Å². The number of fused-ring (bicyclic) bond motifs is 1. The molecule has 1 heterocycles. The lowest BCUT2D eigenvalue weighted by Gasteiger charge is -2.16. The first kappa shape index (κ1) is 24.4. The average molecular weight is 468 g/mol. The Kier molecular flexibility index (Phi) is 6.58. The molecule has 6 nitrogen and oxygen atoms in total. The van der Waals surface area contributed by atoms with Gasteiger partial charge in [0.1, 0.15) is 23.4 Å². The molecule has 0 bridgehead atoms. The van der Waals surface area contributed by atoms with E-state index < -0.39 is 61.5 Å². The van der Waals surface area contributed by atoms with Crippen LogP contribution in [-0.4, -0.2) is 29.9 Å². The van der Waals surface area contributed by atoms with E-state index in [1.54, 1.807) is 6.07 Å². The fourth-order valence-electron chi connectivity index (χ4n) is 2.76. The molecule has 168 valence electrons. The van der Waals surface area contributed by atoms with E-state index in [4.69, 9.17) is 10.00 Å². The normalized spacial score (nSPS) is 17.2. The molecule has 0 fully saturated rings. The van der Waals surface area contributed by atoms with Gasteiger partial charge in [0.05, 0.1) is 17.8 Å². The largest absolute Gasteiger partial charge is 0.503 e. The van der Waals surface area contributed by atoms with Crippen molar-refractivity contribution in [1.82, 2.24) is 4.98 Å². The number of sulfone groups is 1. The van der Waals surface area contributed by atoms with Gasteiger partial charge in [-0.15, -0.1) is 0 Å². The van der Waals surface area contributed by atoms with Crippen LogP contribution in [0.3, 0.4) is 0 Å². The van der Waals surface area contributed by atoms with E-state index in [9.17, 15) is 39.9 Å². The molecule has 1 atom stereocenters. The van der Waals surface area contributed by atoms with Crippen molar-refractivity contribution in [2.75, 3.05) is 0 Å². The molecule has 31 heavy (non-hydrogen) atoms. The lowest BCUT2D eigenvalue weighted by atomic mass is 10.1. The Bertz CT molecular complexity index is 1140. The fourth-order valence-corrected chi connectivity index (χ4v) is 3.69. The number of hydrogen-bond donors (Lipinski definition) is 1. The van der Waals surface area contributed by atoms with E-state index >= 15 is 0 Å². The lowest BCUT2D eigenvalue weighted by molar-refractivity contribution is -0.0980. The molecule has 3 rings (SSSR count). The molecular weight excluding hydrogens is 454 g/mol. The first-order valence-corrected chi connectivity index (χ1v) is 10.0. The molecule has 0 saturated heterocycles. The summed E-state index contributed by atoms with van der Waals surface area (Å²) in [4.78, 5) is 3.08. The second kappa shape index (κ2) is 8.35. The van der Waals surface area contributed by atoms with Gasteiger partial charge in [-0.1, -0.05) is 13.8 Å². The highest BCUT2D eigenvalue weighted by molar-refractivity contribution is 7.92. The minimum Gasteiger partial charge on any atom is -0.455 e. The van der Waals surface area contributed by atoms with E-state index in [0.717, 1.165) is 18.2 Å². The molecule has 1 aliphatic carbocycles. The maximum atomic E-state index is 14.0. The van der Waals surface area contributed by atoms with Crippen LogP contribution in [0.1, 0.15) is 36.6 Å². The van der Waals surface area contributed by atoms with Crippen LogP contribution >= 0.6 is 0 Å². The number of aliphatic hydroxyl groups excluding tert-OH is 1. The number of aliphatic hydroxyl groups is 1. The van der Waals surface area contributed by atoms with E-state index in [1.807, 2.05) is 13.8 Å². The van der Waals surface area contributed by atoms with Crippen molar-refractivity contribution in [3.63, 3.8) is 0 Å². The van der Waals surface area contributed by atoms with Crippen LogP contribution in [0.4, 0.5) is 26.3 Å². The molecule has 1 N–H and O–H groups in total. The van der Waals surface area contributed by atoms with Gasteiger partial charge in [-0.2, -0.15) is 18.4 Å². The zero-order valence-corrected chi connectivity index (χ0v) is 16.7. The molecular formula is C18H14F6N2O4S. The fraction of sp³-hybridized carbons (Fsp3) is 0.333. The van der Waals surface area contributed by atoms with Crippen molar-refractivity contribution in [3.05, 3.63) is 46.9 Å². The molecule has 0 saturated carbocycles. The van der Waals surface area contributed by atoms with Gasteiger partial charge in [-0.25, -0.2) is 26.6 Å². The summed E-state index contributed by atoms with van der Waals surface area (Å²) >= 11 is 0. The van der Waals surface area contributed by atoms with Crippen molar-refractivity contribution in [3.8, 4) is 17.6 Å². The SMILES string of the molecule is CC.N#Cc1cc(F)cc(Oc2cnc(S(=O)(=O)C(F)(F)F)c3c2CC(F)(F)C3O)c1.